The van der Waals surface area contributed by atoms with Gasteiger partial charge in [-0.15, -0.1) is 11.6 Å². The summed E-state index contributed by atoms with van der Waals surface area (Å²) in [5, 5.41) is 2.02. The van der Waals surface area contributed by atoms with E-state index in [1.54, 1.807) is 31.2 Å². The highest BCUT2D eigenvalue weighted by Gasteiger charge is 2.35. The van der Waals surface area contributed by atoms with E-state index in [-0.39, 0.29) is 45.5 Å². The van der Waals surface area contributed by atoms with Crippen molar-refractivity contribution in [2.75, 3.05) is 18.5 Å². The van der Waals surface area contributed by atoms with Crippen molar-refractivity contribution in [3.05, 3.63) is 52.6 Å². The van der Waals surface area contributed by atoms with Crippen LogP contribution in [0.2, 0.25) is 0 Å². The van der Waals surface area contributed by atoms with Crippen LogP contribution in [0.1, 0.15) is 71.9 Å². The van der Waals surface area contributed by atoms with Gasteiger partial charge in [0.25, 0.3) is 0 Å². The van der Waals surface area contributed by atoms with E-state index >= 15 is 0 Å². The molecule has 1 aliphatic rings. The summed E-state index contributed by atoms with van der Waals surface area (Å²) in [6, 6.07) is 8.07. The van der Waals surface area contributed by atoms with Crippen LogP contribution in [0.3, 0.4) is 0 Å². The third-order valence-electron chi connectivity index (χ3n) is 4.91. The molecule has 31 heavy (non-hydrogen) atoms. The van der Waals surface area contributed by atoms with Gasteiger partial charge in [0.1, 0.15) is 16.9 Å². The average Bonchev–Trinajstić information content (AvgIpc) is 2.78. The maximum atomic E-state index is 13.5. The molecule has 1 aliphatic carbocycles. The van der Waals surface area contributed by atoms with Gasteiger partial charge in [-0.05, 0) is 31.4 Å². The number of amides is 1. The number of hydrogen-bond acceptors (Lipinski definition) is 5. The minimum absolute atomic E-state index is 0.189. The predicted molar refractivity (Wildman–Crippen MR) is 120 cm³/mol. The fourth-order valence-corrected chi connectivity index (χ4v) is 3.44. The van der Waals surface area contributed by atoms with Gasteiger partial charge in [-0.25, -0.2) is 0 Å². The van der Waals surface area contributed by atoms with Gasteiger partial charge < -0.3 is 14.8 Å². The Labute approximate surface area is 186 Å². The maximum Gasteiger partial charge on any atom is 0.242 e. The number of rotatable bonds is 9. The Morgan fingerprint density at radius 3 is 2.23 bits per heavy atom. The van der Waals surface area contributed by atoms with Crippen LogP contribution >= 0.6 is 11.6 Å². The van der Waals surface area contributed by atoms with Crippen LogP contribution in [0.25, 0.3) is 0 Å². The first kappa shape index (κ1) is 22.8. The molecule has 2 aromatic carbocycles. The zero-order valence-electron chi connectivity index (χ0n) is 17.9. The molecule has 3 rings (SSSR count). The third-order valence-corrected chi connectivity index (χ3v) is 5.41. The van der Waals surface area contributed by atoms with Crippen LogP contribution in [0.15, 0.2) is 30.3 Å². The Hall–Kier alpha value is -2.86. The Kier molecular flexibility index (Phi) is 7.33. The number of fused-ring (bicyclic) bond motifs is 2. The summed E-state index contributed by atoms with van der Waals surface area (Å²) in [6.45, 7) is 6.51. The molecule has 164 valence electrons. The number of benzene rings is 2. The minimum Gasteiger partial charge on any atom is -0.493 e. The first-order valence-electron chi connectivity index (χ1n) is 10.5. The van der Waals surface area contributed by atoms with E-state index in [0.717, 1.165) is 6.42 Å². The highest BCUT2D eigenvalue weighted by atomic mass is 35.5. The molecule has 0 saturated heterocycles. The number of hydrogen-bond donors (Lipinski definition) is 1. The molecule has 0 spiro atoms. The molecule has 0 radical (unpaired) electrons. The molecule has 0 fully saturated rings. The van der Waals surface area contributed by atoms with Crippen LogP contribution in [-0.2, 0) is 4.79 Å². The van der Waals surface area contributed by atoms with Gasteiger partial charge in [0.15, 0.2) is 5.78 Å². The summed E-state index contributed by atoms with van der Waals surface area (Å²) in [4.78, 5) is 39.1. The molecule has 6 nitrogen and oxygen atoms in total. The lowest BCUT2D eigenvalue weighted by Crippen LogP contribution is -2.25. The number of carbonyl (C=O) groups is 3. The fourth-order valence-electron chi connectivity index (χ4n) is 3.39. The Morgan fingerprint density at radius 2 is 1.58 bits per heavy atom. The van der Waals surface area contributed by atoms with Gasteiger partial charge in [0.05, 0.1) is 24.3 Å². The lowest BCUT2D eigenvalue weighted by molar-refractivity contribution is -0.115. The zero-order chi connectivity index (χ0) is 22.5. The fraction of sp³-hybridized carbons (Fsp3) is 0.375. The van der Waals surface area contributed by atoms with E-state index in [2.05, 4.69) is 5.32 Å². The SMILES string of the molecule is CCCOc1cccc2c1C(=O)c1c(OCCC)cc(NC(=O)C(Cl)CC)cc1C2=O. The predicted octanol–water partition coefficient (Wildman–Crippen LogP) is 5.00. The zero-order valence-corrected chi connectivity index (χ0v) is 18.7. The molecule has 7 heteroatoms. The molecular formula is C24H26ClNO5. The van der Waals surface area contributed by atoms with E-state index in [4.69, 9.17) is 21.1 Å². The normalized spacial score (nSPS) is 13.3. The monoisotopic (exact) mass is 443 g/mol. The van der Waals surface area contributed by atoms with Crippen molar-refractivity contribution in [2.45, 2.75) is 45.4 Å². The number of halogens is 1. The van der Waals surface area contributed by atoms with Crippen molar-refractivity contribution >= 4 is 34.8 Å². The van der Waals surface area contributed by atoms with Crippen LogP contribution in [0.5, 0.6) is 11.5 Å². The lowest BCUT2D eigenvalue weighted by Gasteiger charge is -2.23. The average molecular weight is 444 g/mol. The Balaban J connectivity index is 2.12. The molecular weight excluding hydrogens is 418 g/mol. The first-order chi connectivity index (χ1) is 14.9. The molecule has 0 aliphatic heterocycles. The van der Waals surface area contributed by atoms with Gasteiger partial charge in [0, 0.05) is 22.9 Å². The van der Waals surface area contributed by atoms with E-state index in [0.29, 0.717) is 37.5 Å². The summed E-state index contributed by atoms with van der Waals surface area (Å²) in [5.74, 6) is -0.386. The number of nitrogens with one attached hydrogen (secondary N) is 1. The van der Waals surface area contributed by atoms with Crippen molar-refractivity contribution in [1.29, 1.82) is 0 Å². The van der Waals surface area contributed by atoms with Gasteiger partial charge in [-0.3, -0.25) is 14.4 Å². The lowest BCUT2D eigenvalue weighted by atomic mass is 9.82. The van der Waals surface area contributed by atoms with Crippen LogP contribution in [0, 0.1) is 0 Å². The quantitative estimate of drug-likeness (QED) is 0.471. The maximum absolute atomic E-state index is 13.5. The number of anilines is 1. The Morgan fingerprint density at radius 1 is 0.935 bits per heavy atom. The topological polar surface area (TPSA) is 81.7 Å². The molecule has 0 aromatic heterocycles. The van der Waals surface area contributed by atoms with Crippen molar-refractivity contribution in [1.82, 2.24) is 0 Å². The van der Waals surface area contributed by atoms with E-state index in [1.165, 1.54) is 6.07 Å². The van der Waals surface area contributed by atoms with Crippen LogP contribution in [-0.4, -0.2) is 36.1 Å². The third kappa shape index (κ3) is 4.59. The summed E-state index contributed by atoms with van der Waals surface area (Å²) in [7, 11) is 0. The molecule has 1 N–H and O–H groups in total. The van der Waals surface area contributed by atoms with Crippen LogP contribution < -0.4 is 14.8 Å². The number of ether oxygens (including phenoxy) is 2. The van der Waals surface area contributed by atoms with Gasteiger partial charge in [-0.2, -0.15) is 0 Å². The van der Waals surface area contributed by atoms with Crippen molar-refractivity contribution in [3.8, 4) is 11.5 Å². The molecule has 0 saturated carbocycles. The van der Waals surface area contributed by atoms with Gasteiger partial charge in [-0.1, -0.05) is 32.9 Å². The second-order valence-corrected chi connectivity index (χ2v) is 7.82. The standard InChI is InChI=1S/C24H26ClNO5/c1-4-10-30-18-9-7-8-15-20(18)23(28)21-16(22(15)27)12-14(13-19(21)31-11-5-2)26-24(29)17(25)6-3/h7-9,12-13,17H,4-6,10-11H2,1-3H3,(H,26,29). The number of ketones is 2. The first-order valence-corrected chi connectivity index (χ1v) is 11.0. The van der Waals surface area contributed by atoms with E-state index in [9.17, 15) is 14.4 Å². The van der Waals surface area contributed by atoms with Gasteiger partial charge in [0.2, 0.25) is 11.7 Å². The van der Waals surface area contributed by atoms with Gasteiger partial charge >= 0.3 is 0 Å². The highest BCUT2D eigenvalue weighted by molar-refractivity contribution is 6.33. The minimum atomic E-state index is -0.702. The molecule has 1 amide bonds. The summed E-state index contributed by atoms with van der Waals surface area (Å²) in [6.07, 6.45) is 1.95. The molecule has 1 atom stereocenters. The molecule has 1 unspecified atom stereocenters. The van der Waals surface area contributed by atoms with Crippen LogP contribution in [0.4, 0.5) is 5.69 Å². The van der Waals surface area contributed by atoms with E-state index < -0.39 is 5.38 Å². The molecule has 2 aromatic rings. The number of carbonyl (C=O) groups excluding carboxylic acids is 3. The van der Waals surface area contributed by atoms with Crippen molar-refractivity contribution in [3.63, 3.8) is 0 Å². The summed E-state index contributed by atoms with van der Waals surface area (Å²) < 4.78 is 11.6. The molecule has 0 bridgehead atoms. The second-order valence-electron chi connectivity index (χ2n) is 7.30. The summed E-state index contributed by atoms with van der Waals surface area (Å²) in [5.41, 5.74) is 1.27. The highest BCUT2D eigenvalue weighted by Crippen LogP contribution is 2.39. The van der Waals surface area contributed by atoms with Crippen molar-refractivity contribution in [2.24, 2.45) is 0 Å². The second kappa shape index (κ2) is 9.96. The van der Waals surface area contributed by atoms with E-state index in [1.807, 2.05) is 13.8 Å². The largest absolute Gasteiger partial charge is 0.493 e. The summed E-state index contributed by atoms with van der Waals surface area (Å²) >= 11 is 6.03. The number of alkyl halides is 1. The smallest absolute Gasteiger partial charge is 0.242 e. The van der Waals surface area contributed by atoms with Crippen molar-refractivity contribution < 1.29 is 23.9 Å². The molecule has 0 heterocycles. The Bertz CT molecular complexity index is 1020.